The van der Waals surface area contributed by atoms with E-state index in [2.05, 4.69) is 10.2 Å². The van der Waals surface area contributed by atoms with E-state index in [9.17, 15) is 4.79 Å². The molecule has 1 saturated carbocycles. The van der Waals surface area contributed by atoms with Crippen molar-refractivity contribution in [3.63, 3.8) is 0 Å². The maximum absolute atomic E-state index is 11.2. The predicted molar refractivity (Wildman–Crippen MR) is 42.1 cm³/mol. The van der Waals surface area contributed by atoms with Gasteiger partial charge in [-0.15, -0.1) is 0 Å². The predicted octanol–water partition coefficient (Wildman–Crippen LogP) is -0.175. The fraction of sp³-hybridized carbons (Fsp3) is 0.875. The van der Waals surface area contributed by atoms with Crippen LogP contribution in [0.25, 0.3) is 0 Å². The minimum absolute atomic E-state index is 0.185. The molecule has 2 rings (SSSR count). The van der Waals surface area contributed by atoms with Crippen LogP contribution in [0.2, 0.25) is 0 Å². The molecule has 1 saturated heterocycles. The number of nitrogens with zero attached hydrogens (tertiary/aromatic N) is 1. The largest absolute Gasteiger partial charge is 0.358 e. The van der Waals surface area contributed by atoms with Gasteiger partial charge in [-0.2, -0.15) is 0 Å². The molecule has 0 spiro atoms. The number of hydrogen-bond acceptors (Lipinski definition) is 2. The first kappa shape index (κ1) is 7.10. The van der Waals surface area contributed by atoms with Gasteiger partial charge in [0.15, 0.2) is 0 Å². The van der Waals surface area contributed by atoms with Crippen LogP contribution in [0, 0.1) is 5.92 Å². The standard InChI is InChI=1S/C8H14N2O/c1-9-8(11)7-6(10(7)2)5-3-4-5/h5-7H,3-4H2,1-2H3,(H,9,11). The van der Waals surface area contributed by atoms with Gasteiger partial charge in [-0.3, -0.25) is 9.69 Å². The first-order chi connectivity index (χ1) is 5.25. The molecule has 0 aromatic rings. The van der Waals surface area contributed by atoms with E-state index in [1.165, 1.54) is 12.8 Å². The zero-order valence-corrected chi connectivity index (χ0v) is 7.00. The Bertz CT molecular complexity index is 189. The van der Waals surface area contributed by atoms with Gasteiger partial charge in [0.05, 0.1) is 0 Å². The summed E-state index contributed by atoms with van der Waals surface area (Å²) in [6.07, 6.45) is 2.64. The normalized spacial score (nSPS) is 41.8. The fourth-order valence-electron chi connectivity index (χ4n) is 1.88. The zero-order valence-electron chi connectivity index (χ0n) is 7.00. The van der Waals surface area contributed by atoms with E-state index in [0.717, 1.165) is 5.92 Å². The van der Waals surface area contributed by atoms with Crippen LogP contribution in [0.4, 0.5) is 0 Å². The summed E-state index contributed by atoms with van der Waals surface area (Å²) in [6, 6.07) is 0.752. The quantitative estimate of drug-likeness (QED) is 0.560. The second kappa shape index (κ2) is 2.21. The molecule has 3 atom stereocenters. The first-order valence-corrected chi connectivity index (χ1v) is 4.19. The van der Waals surface area contributed by atoms with Gasteiger partial charge in [0.1, 0.15) is 6.04 Å². The Morgan fingerprint density at radius 1 is 1.55 bits per heavy atom. The number of hydrogen-bond donors (Lipinski definition) is 1. The molecule has 1 heterocycles. The minimum Gasteiger partial charge on any atom is -0.358 e. The highest BCUT2D eigenvalue weighted by Crippen LogP contribution is 2.45. The topological polar surface area (TPSA) is 32.1 Å². The van der Waals surface area contributed by atoms with Gasteiger partial charge in [-0.25, -0.2) is 0 Å². The molecule has 1 amide bonds. The van der Waals surface area contributed by atoms with Gasteiger partial charge in [0.25, 0.3) is 0 Å². The molecule has 3 heteroatoms. The molecule has 0 bridgehead atoms. The van der Waals surface area contributed by atoms with Crippen molar-refractivity contribution in [2.24, 2.45) is 5.92 Å². The van der Waals surface area contributed by atoms with Crippen molar-refractivity contribution in [3.05, 3.63) is 0 Å². The third-order valence-electron chi connectivity index (χ3n) is 2.76. The van der Waals surface area contributed by atoms with E-state index < -0.39 is 0 Å². The molecule has 2 fully saturated rings. The molecule has 11 heavy (non-hydrogen) atoms. The highest BCUT2D eigenvalue weighted by molar-refractivity contribution is 5.85. The van der Waals surface area contributed by atoms with Crippen LogP contribution >= 0.6 is 0 Å². The summed E-state index contributed by atoms with van der Waals surface area (Å²) in [7, 11) is 3.74. The van der Waals surface area contributed by atoms with Crippen LogP contribution in [-0.2, 0) is 4.79 Å². The van der Waals surface area contributed by atoms with Crippen molar-refractivity contribution in [1.82, 2.24) is 10.2 Å². The van der Waals surface area contributed by atoms with Crippen LogP contribution in [0.1, 0.15) is 12.8 Å². The lowest BCUT2D eigenvalue weighted by atomic mass is 10.2. The summed E-state index contributed by atoms with van der Waals surface area (Å²) in [4.78, 5) is 13.3. The summed E-state index contributed by atoms with van der Waals surface area (Å²) < 4.78 is 0. The van der Waals surface area contributed by atoms with Crippen LogP contribution in [0.3, 0.4) is 0 Å². The summed E-state index contributed by atoms with van der Waals surface area (Å²) in [6.45, 7) is 0. The van der Waals surface area contributed by atoms with Crippen LogP contribution < -0.4 is 5.32 Å². The highest BCUT2D eigenvalue weighted by atomic mass is 16.2. The van der Waals surface area contributed by atoms with Gasteiger partial charge in [-0.05, 0) is 25.8 Å². The van der Waals surface area contributed by atoms with Crippen molar-refractivity contribution in [1.29, 1.82) is 0 Å². The van der Waals surface area contributed by atoms with E-state index in [1.807, 2.05) is 7.05 Å². The van der Waals surface area contributed by atoms with E-state index in [-0.39, 0.29) is 11.9 Å². The molecule has 0 aromatic heterocycles. The molecule has 62 valence electrons. The molecular formula is C8H14N2O. The second-order valence-electron chi connectivity index (χ2n) is 3.55. The molecular weight excluding hydrogens is 140 g/mol. The zero-order chi connectivity index (χ0) is 8.01. The minimum atomic E-state index is 0.185. The number of nitrogens with one attached hydrogen (secondary N) is 1. The molecule has 0 aromatic carbocycles. The first-order valence-electron chi connectivity index (χ1n) is 4.19. The summed E-state index contributed by atoms with van der Waals surface area (Å²) in [5.41, 5.74) is 0. The third kappa shape index (κ3) is 1.03. The van der Waals surface area contributed by atoms with Crippen molar-refractivity contribution < 1.29 is 4.79 Å². The Morgan fingerprint density at radius 2 is 2.18 bits per heavy atom. The number of likely N-dealkylation sites (N-methyl/N-ethyl adjacent to an activating group) is 2. The van der Waals surface area contributed by atoms with Crippen molar-refractivity contribution in [2.75, 3.05) is 14.1 Å². The van der Waals surface area contributed by atoms with Crippen molar-refractivity contribution >= 4 is 5.91 Å². The smallest absolute Gasteiger partial charge is 0.238 e. The molecule has 2 aliphatic rings. The number of amides is 1. The monoisotopic (exact) mass is 154 g/mol. The van der Waals surface area contributed by atoms with Gasteiger partial charge in [0.2, 0.25) is 5.91 Å². The number of carbonyl (C=O) groups is 1. The lowest BCUT2D eigenvalue weighted by molar-refractivity contribution is -0.120. The van der Waals surface area contributed by atoms with Crippen LogP contribution in [-0.4, -0.2) is 37.0 Å². The maximum Gasteiger partial charge on any atom is 0.238 e. The van der Waals surface area contributed by atoms with Gasteiger partial charge in [-0.1, -0.05) is 0 Å². The average molecular weight is 154 g/mol. The Balaban J connectivity index is 1.92. The molecule has 3 nitrogen and oxygen atoms in total. The van der Waals surface area contributed by atoms with Crippen LogP contribution in [0.15, 0.2) is 0 Å². The third-order valence-corrected chi connectivity index (χ3v) is 2.76. The SMILES string of the molecule is CNC(=O)C1C(C2CC2)N1C. The summed E-state index contributed by atoms with van der Waals surface area (Å²) in [5, 5.41) is 2.69. The second-order valence-corrected chi connectivity index (χ2v) is 3.55. The Kier molecular flexibility index (Phi) is 1.42. The average Bonchev–Trinajstić information content (AvgIpc) is 2.81. The Morgan fingerprint density at radius 3 is 2.64 bits per heavy atom. The lowest BCUT2D eigenvalue weighted by Crippen LogP contribution is -2.26. The highest BCUT2D eigenvalue weighted by Gasteiger charge is 2.56. The van der Waals surface area contributed by atoms with Crippen molar-refractivity contribution in [2.45, 2.75) is 24.9 Å². The van der Waals surface area contributed by atoms with E-state index in [0.29, 0.717) is 6.04 Å². The Hall–Kier alpha value is -0.570. The molecule has 0 radical (unpaired) electrons. The van der Waals surface area contributed by atoms with E-state index in [1.54, 1.807) is 7.05 Å². The molecule has 1 aliphatic heterocycles. The maximum atomic E-state index is 11.2. The van der Waals surface area contributed by atoms with Gasteiger partial charge < -0.3 is 5.32 Å². The summed E-state index contributed by atoms with van der Waals surface area (Å²) >= 11 is 0. The van der Waals surface area contributed by atoms with Crippen LogP contribution in [0.5, 0.6) is 0 Å². The van der Waals surface area contributed by atoms with Crippen molar-refractivity contribution in [3.8, 4) is 0 Å². The number of rotatable bonds is 2. The summed E-state index contributed by atoms with van der Waals surface area (Å²) in [5.74, 6) is 1.01. The van der Waals surface area contributed by atoms with Gasteiger partial charge >= 0.3 is 0 Å². The lowest BCUT2D eigenvalue weighted by Gasteiger charge is -1.93. The molecule has 1 aliphatic carbocycles. The van der Waals surface area contributed by atoms with Gasteiger partial charge in [0, 0.05) is 13.1 Å². The van der Waals surface area contributed by atoms with E-state index in [4.69, 9.17) is 0 Å². The molecule has 1 N–H and O–H groups in total. The fourth-order valence-corrected chi connectivity index (χ4v) is 1.88. The Labute approximate surface area is 66.8 Å². The molecule has 3 unspecified atom stereocenters. The van der Waals surface area contributed by atoms with E-state index >= 15 is 0 Å². The number of carbonyl (C=O) groups excluding carboxylic acids is 1.